The molecule has 0 fully saturated rings. The molecule has 3 aromatic rings. The number of nitrogens with zero attached hydrogens (tertiary/aromatic N) is 1. The Kier molecular flexibility index (Phi) is 3.00. The van der Waals surface area contributed by atoms with Crippen molar-refractivity contribution < 1.29 is 9.13 Å². The van der Waals surface area contributed by atoms with Gasteiger partial charge in [0, 0.05) is 0 Å². The minimum Gasteiger partial charge on any atom is -0.454 e. The van der Waals surface area contributed by atoms with E-state index in [9.17, 15) is 4.39 Å². The standard InChI is InChI=1S/C13H8ClFN2OS/c14-8-5-7(15)1-2-9(8)18-10-3-4-11-13(12(10)16)17-6-19-11/h1-6H,16H2. The molecule has 3 nitrogen and oxygen atoms in total. The summed E-state index contributed by atoms with van der Waals surface area (Å²) in [6.07, 6.45) is 0. The Morgan fingerprint density at radius 1 is 1.21 bits per heavy atom. The molecule has 0 amide bonds. The van der Waals surface area contributed by atoms with Crippen LogP contribution in [0.4, 0.5) is 10.1 Å². The van der Waals surface area contributed by atoms with Gasteiger partial charge in [-0.15, -0.1) is 11.3 Å². The van der Waals surface area contributed by atoms with Gasteiger partial charge in [-0.25, -0.2) is 9.37 Å². The van der Waals surface area contributed by atoms with E-state index in [1.54, 1.807) is 11.6 Å². The van der Waals surface area contributed by atoms with Crippen LogP contribution in [0.1, 0.15) is 0 Å². The lowest BCUT2D eigenvalue weighted by Gasteiger charge is -2.10. The van der Waals surface area contributed by atoms with E-state index in [4.69, 9.17) is 22.1 Å². The van der Waals surface area contributed by atoms with Crippen LogP contribution >= 0.6 is 22.9 Å². The third-order valence-electron chi connectivity index (χ3n) is 2.62. The number of rotatable bonds is 2. The Bertz CT molecular complexity index is 759. The van der Waals surface area contributed by atoms with Gasteiger partial charge in [-0.3, -0.25) is 0 Å². The summed E-state index contributed by atoms with van der Waals surface area (Å²) in [4.78, 5) is 4.18. The fourth-order valence-corrected chi connectivity index (χ4v) is 2.60. The highest BCUT2D eigenvalue weighted by atomic mass is 35.5. The number of ether oxygens (including phenoxy) is 1. The van der Waals surface area contributed by atoms with Crippen LogP contribution in [0.25, 0.3) is 10.2 Å². The molecule has 0 saturated heterocycles. The molecule has 3 rings (SSSR count). The zero-order valence-corrected chi connectivity index (χ0v) is 11.1. The Morgan fingerprint density at radius 3 is 2.79 bits per heavy atom. The highest BCUT2D eigenvalue weighted by Crippen LogP contribution is 2.36. The molecule has 1 heterocycles. The van der Waals surface area contributed by atoms with Crippen molar-refractivity contribution in [3.8, 4) is 11.5 Å². The van der Waals surface area contributed by atoms with Crippen LogP contribution in [0.2, 0.25) is 5.02 Å². The van der Waals surface area contributed by atoms with Gasteiger partial charge in [0.05, 0.1) is 15.2 Å². The van der Waals surface area contributed by atoms with Gasteiger partial charge < -0.3 is 10.5 Å². The van der Waals surface area contributed by atoms with Crippen LogP contribution in [0.3, 0.4) is 0 Å². The van der Waals surface area contributed by atoms with Gasteiger partial charge in [0.15, 0.2) is 5.75 Å². The van der Waals surface area contributed by atoms with E-state index >= 15 is 0 Å². The van der Waals surface area contributed by atoms with E-state index in [1.165, 1.54) is 29.5 Å². The number of thiazole rings is 1. The summed E-state index contributed by atoms with van der Waals surface area (Å²) in [6, 6.07) is 7.54. The van der Waals surface area contributed by atoms with Gasteiger partial charge in [-0.2, -0.15) is 0 Å². The summed E-state index contributed by atoms with van der Waals surface area (Å²) in [5, 5.41) is 0.192. The van der Waals surface area contributed by atoms with E-state index in [2.05, 4.69) is 4.98 Å². The highest BCUT2D eigenvalue weighted by molar-refractivity contribution is 7.16. The molecule has 0 spiro atoms. The lowest BCUT2D eigenvalue weighted by molar-refractivity contribution is 0.484. The molecule has 96 valence electrons. The number of halogens is 2. The third kappa shape index (κ3) is 2.22. The molecule has 2 aromatic carbocycles. The number of aromatic nitrogens is 1. The number of nitrogen functional groups attached to an aromatic ring is 1. The van der Waals surface area contributed by atoms with Crippen LogP contribution < -0.4 is 10.5 Å². The molecule has 0 atom stereocenters. The van der Waals surface area contributed by atoms with Gasteiger partial charge in [0.25, 0.3) is 0 Å². The molecule has 0 unspecified atom stereocenters. The van der Waals surface area contributed by atoms with Crippen LogP contribution in [-0.4, -0.2) is 4.98 Å². The Hall–Kier alpha value is -1.85. The lowest BCUT2D eigenvalue weighted by Crippen LogP contribution is -1.93. The minimum atomic E-state index is -0.416. The molecule has 19 heavy (non-hydrogen) atoms. The molecule has 0 aliphatic rings. The monoisotopic (exact) mass is 294 g/mol. The summed E-state index contributed by atoms with van der Waals surface area (Å²) < 4.78 is 19.6. The molecule has 6 heteroatoms. The first-order valence-corrected chi connectivity index (χ1v) is 6.65. The van der Waals surface area contributed by atoms with Crippen molar-refractivity contribution in [2.45, 2.75) is 0 Å². The summed E-state index contributed by atoms with van der Waals surface area (Å²) in [7, 11) is 0. The number of benzene rings is 2. The normalized spacial score (nSPS) is 10.8. The average Bonchev–Trinajstić information content (AvgIpc) is 2.85. The first kappa shape index (κ1) is 12.2. The van der Waals surface area contributed by atoms with Crippen molar-refractivity contribution in [1.82, 2.24) is 4.98 Å². The minimum absolute atomic E-state index is 0.192. The number of hydrogen-bond acceptors (Lipinski definition) is 4. The Balaban J connectivity index is 2.03. The van der Waals surface area contributed by atoms with Gasteiger partial charge in [0.2, 0.25) is 0 Å². The van der Waals surface area contributed by atoms with Gasteiger partial charge >= 0.3 is 0 Å². The Labute approximate surface area is 117 Å². The van der Waals surface area contributed by atoms with E-state index in [1.807, 2.05) is 6.07 Å². The lowest BCUT2D eigenvalue weighted by atomic mass is 10.2. The van der Waals surface area contributed by atoms with Crippen LogP contribution in [-0.2, 0) is 0 Å². The molecular weight excluding hydrogens is 287 g/mol. The molecule has 1 aromatic heterocycles. The fraction of sp³-hybridized carbons (Fsp3) is 0. The Morgan fingerprint density at radius 2 is 2.00 bits per heavy atom. The van der Waals surface area contributed by atoms with Crippen molar-refractivity contribution in [3.05, 3.63) is 46.7 Å². The SMILES string of the molecule is Nc1c(Oc2ccc(F)cc2Cl)ccc2scnc12. The molecule has 0 aliphatic carbocycles. The molecule has 0 saturated carbocycles. The van der Waals surface area contributed by atoms with Crippen molar-refractivity contribution in [3.63, 3.8) is 0 Å². The number of hydrogen-bond donors (Lipinski definition) is 1. The van der Waals surface area contributed by atoms with E-state index in [0.717, 1.165) is 4.70 Å². The van der Waals surface area contributed by atoms with Crippen molar-refractivity contribution in [2.75, 3.05) is 5.73 Å². The maximum absolute atomic E-state index is 13.0. The van der Waals surface area contributed by atoms with E-state index < -0.39 is 5.82 Å². The second kappa shape index (κ2) is 4.68. The maximum Gasteiger partial charge on any atom is 0.152 e. The highest BCUT2D eigenvalue weighted by Gasteiger charge is 2.11. The summed E-state index contributed by atoms with van der Waals surface area (Å²) >= 11 is 7.41. The average molecular weight is 295 g/mol. The number of nitrogens with two attached hydrogens (primary N) is 1. The third-order valence-corrected chi connectivity index (χ3v) is 3.70. The largest absolute Gasteiger partial charge is 0.454 e. The van der Waals surface area contributed by atoms with Gasteiger partial charge in [0.1, 0.15) is 22.8 Å². The van der Waals surface area contributed by atoms with Gasteiger partial charge in [-0.05, 0) is 30.3 Å². The molecule has 2 N–H and O–H groups in total. The van der Waals surface area contributed by atoms with Gasteiger partial charge in [-0.1, -0.05) is 11.6 Å². The first-order chi connectivity index (χ1) is 9.15. The summed E-state index contributed by atoms with van der Waals surface area (Å²) in [5.74, 6) is 0.386. The second-order valence-electron chi connectivity index (χ2n) is 3.85. The van der Waals surface area contributed by atoms with E-state index in [0.29, 0.717) is 22.7 Å². The molecule has 0 bridgehead atoms. The maximum atomic E-state index is 13.0. The zero-order chi connectivity index (χ0) is 13.4. The second-order valence-corrected chi connectivity index (χ2v) is 5.15. The summed E-state index contributed by atoms with van der Waals surface area (Å²) in [6.45, 7) is 0. The van der Waals surface area contributed by atoms with E-state index in [-0.39, 0.29) is 5.02 Å². The fourth-order valence-electron chi connectivity index (χ4n) is 1.70. The zero-order valence-electron chi connectivity index (χ0n) is 9.56. The number of anilines is 1. The topological polar surface area (TPSA) is 48.1 Å². The molecular formula is C13H8ClFN2OS. The summed E-state index contributed by atoms with van der Waals surface area (Å²) in [5.41, 5.74) is 8.85. The van der Waals surface area contributed by atoms with Crippen LogP contribution in [0.5, 0.6) is 11.5 Å². The van der Waals surface area contributed by atoms with Crippen molar-refractivity contribution in [1.29, 1.82) is 0 Å². The number of fused-ring (bicyclic) bond motifs is 1. The quantitative estimate of drug-likeness (QED) is 0.710. The predicted molar refractivity (Wildman–Crippen MR) is 75.5 cm³/mol. The van der Waals surface area contributed by atoms with Crippen molar-refractivity contribution in [2.24, 2.45) is 0 Å². The van der Waals surface area contributed by atoms with Crippen LogP contribution in [0.15, 0.2) is 35.8 Å². The van der Waals surface area contributed by atoms with Crippen LogP contribution in [0, 0.1) is 5.82 Å². The molecule has 0 radical (unpaired) electrons. The smallest absolute Gasteiger partial charge is 0.152 e. The predicted octanol–water partition coefficient (Wildman–Crippen LogP) is 4.46. The molecule has 0 aliphatic heterocycles. The first-order valence-electron chi connectivity index (χ1n) is 5.40. The van der Waals surface area contributed by atoms with Crippen molar-refractivity contribution >= 4 is 38.8 Å².